The van der Waals surface area contributed by atoms with Crippen LogP contribution in [0.3, 0.4) is 0 Å². The molecule has 0 saturated heterocycles. The Hall–Kier alpha value is -1.61. The number of nitrogens with zero attached hydrogens (tertiary/aromatic N) is 2. The van der Waals surface area contributed by atoms with E-state index >= 15 is 0 Å². The summed E-state index contributed by atoms with van der Waals surface area (Å²) >= 11 is 0. The summed E-state index contributed by atoms with van der Waals surface area (Å²) in [5, 5.41) is 6.63. The molecule has 0 aliphatic rings. The highest BCUT2D eigenvalue weighted by Gasteiger charge is 2.21. The molecule has 9 heteroatoms. The van der Waals surface area contributed by atoms with Crippen LogP contribution in [0.15, 0.2) is 11.1 Å². The van der Waals surface area contributed by atoms with Gasteiger partial charge in [0.15, 0.2) is 5.82 Å². The molecule has 0 aliphatic heterocycles. The highest BCUT2D eigenvalue weighted by atomic mass is 32.2. The number of aromatic nitrogens is 2. The van der Waals surface area contributed by atoms with Crippen LogP contribution in [0.1, 0.15) is 33.6 Å². The van der Waals surface area contributed by atoms with Gasteiger partial charge in [0.2, 0.25) is 15.9 Å². The summed E-state index contributed by atoms with van der Waals surface area (Å²) in [6.07, 6.45) is 2.29. The highest BCUT2D eigenvalue weighted by Crippen LogP contribution is 2.16. The molecule has 0 atom stereocenters. The Bertz CT molecular complexity index is 580. The molecule has 0 unspecified atom stereocenters. The largest absolute Gasteiger partial charge is 0.381 e. The third-order valence-corrected chi connectivity index (χ3v) is 4.07. The first-order valence-corrected chi connectivity index (χ1v) is 8.36. The summed E-state index contributed by atoms with van der Waals surface area (Å²) in [5.74, 6) is -0.245. The summed E-state index contributed by atoms with van der Waals surface area (Å²) in [6, 6.07) is 0.0250. The summed E-state index contributed by atoms with van der Waals surface area (Å²) < 4.78 is 28.0. The fraction of sp³-hybridized carbons (Fsp3) is 0.667. The highest BCUT2D eigenvalue weighted by molar-refractivity contribution is 7.89. The van der Waals surface area contributed by atoms with E-state index in [1.165, 1.54) is 10.9 Å². The molecular formula is C12H23N5O3S. The number of nitrogens with one attached hydrogen (secondary N) is 2. The topological polar surface area (TPSA) is 119 Å². The number of anilines is 1. The van der Waals surface area contributed by atoms with E-state index in [9.17, 15) is 13.2 Å². The van der Waals surface area contributed by atoms with Gasteiger partial charge in [-0.2, -0.15) is 5.10 Å². The Kier molecular flexibility index (Phi) is 6.16. The molecule has 1 heterocycles. The van der Waals surface area contributed by atoms with Crippen LogP contribution in [0.25, 0.3) is 0 Å². The number of rotatable bonds is 8. The van der Waals surface area contributed by atoms with Crippen LogP contribution in [0.2, 0.25) is 0 Å². The van der Waals surface area contributed by atoms with Gasteiger partial charge in [-0.05, 0) is 20.3 Å². The predicted molar refractivity (Wildman–Crippen MR) is 80.0 cm³/mol. The molecule has 8 nitrogen and oxygen atoms in total. The van der Waals surface area contributed by atoms with E-state index in [4.69, 9.17) is 5.73 Å². The summed E-state index contributed by atoms with van der Waals surface area (Å²) in [5.41, 5.74) is 5.62. The SMILES string of the molecule is CCCn1cc(S(=O)(=O)NCCC(=O)NC(C)C)c(N)n1. The Morgan fingerprint density at radius 3 is 2.71 bits per heavy atom. The lowest BCUT2D eigenvalue weighted by Crippen LogP contribution is -2.34. The first-order chi connectivity index (χ1) is 9.76. The van der Waals surface area contributed by atoms with Gasteiger partial charge < -0.3 is 11.1 Å². The number of hydrogen-bond donors (Lipinski definition) is 3. The van der Waals surface area contributed by atoms with E-state index in [0.29, 0.717) is 6.54 Å². The second kappa shape index (κ2) is 7.41. The average Bonchev–Trinajstić information content (AvgIpc) is 2.70. The van der Waals surface area contributed by atoms with Crippen molar-refractivity contribution in [3.63, 3.8) is 0 Å². The minimum absolute atomic E-state index is 0.0132. The Morgan fingerprint density at radius 1 is 1.48 bits per heavy atom. The van der Waals surface area contributed by atoms with Crippen molar-refractivity contribution < 1.29 is 13.2 Å². The monoisotopic (exact) mass is 317 g/mol. The maximum atomic E-state index is 12.1. The molecule has 120 valence electrons. The van der Waals surface area contributed by atoms with Crippen LogP contribution in [-0.4, -0.2) is 36.7 Å². The quantitative estimate of drug-likeness (QED) is 0.627. The van der Waals surface area contributed by atoms with Crippen LogP contribution >= 0.6 is 0 Å². The normalized spacial score (nSPS) is 11.8. The van der Waals surface area contributed by atoms with Crippen molar-refractivity contribution >= 4 is 21.7 Å². The maximum absolute atomic E-state index is 12.1. The number of nitrogen functional groups attached to an aromatic ring is 1. The zero-order valence-corrected chi connectivity index (χ0v) is 13.4. The van der Waals surface area contributed by atoms with Gasteiger partial charge in [0, 0.05) is 31.7 Å². The maximum Gasteiger partial charge on any atom is 0.245 e. The zero-order chi connectivity index (χ0) is 16.0. The van der Waals surface area contributed by atoms with Crippen LogP contribution in [-0.2, 0) is 21.4 Å². The Morgan fingerprint density at radius 2 is 2.14 bits per heavy atom. The van der Waals surface area contributed by atoms with E-state index in [1.807, 2.05) is 20.8 Å². The third-order valence-electron chi connectivity index (χ3n) is 2.59. The van der Waals surface area contributed by atoms with E-state index in [1.54, 1.807) is 0 Å². The number of sulfonamides is 1. The fourth-order valence-electron chi connectivity index (χ4n) is 1.74. The van der Waals surface area contributed by atoms with Crippen molar-refractivity contribution in [2.45, 2.75) is 51.1 Å². The van der Waals surface area contributed by atoms with E-state index in [0.717, 1.165) is 6.42 Å². The van der Waals surface area contributed by atoms with Gasteiger partial charge >= 0.3 is 0 Å². The van der Waals surface area contributed by atoms with E-state index in [-0.39, 0.29) is 35.6 Å². The molecule has 1 rings (SSSR count). The second-order valence-corrected chi connectivity index (χ2v) is 6.75. The van der Waals surface area contributed by atoms with Crippen molar-refractivity contribution in [3.05, 3.63) is 6.20 Å². The number of aryl methyl sites for hydroxylation is 1. The summed E-state index contributed by atoms with van der Waals surface area (Å²) in [4.78, 5) is 11.4. The smallest absolute Gasteiger partial charge is 0.245 e. The van der Waals surface area contributed by atoms with Gasteiger partial charge in [-0.1, -0.05) is 6.92 Å². The molecule has 1 aromatic rings. The lowest BCUT2D eigenvalue weighted by Gasteiger charge is -2.08. The van der Waals surface area contributed by atoms with Crippen molar-refractivity contribution in [3.8, 4) is 0 Å². The first kappa shape index (κ1) is 17.4. The fourth-order valence-corrected chi connectivity index (χ4v) is 2.84. The minimum atomic E-state index is -3.75. The molecule has 0 fully saturated rings. The third kappa shape index (κ3) is 5.35. The molecule has 1 aromatic heterocycles. The summed E-state index contributed by atoms with van der Waals surface area (Å²) in [6.45, 7) is 6.24. The molecule has 0 spiro atoms. The molecule has 0 aromatic carbocycles. The number of carbonyl (C=O) groups is 1. The molecule has 0 saturated carbocycles. The van der Waals surface area contributed by atoms with Crippen molar-refractivity contribution in [1.82, 2.24) is 19.8 Å². The number of amides is 1. The molecular weight excluding hydrogens is 294 g/mol. The molecule has 0 radical (unpaired) electrons. The van der Waals surface area contributed by atoms with Gasteiger partial charge in [0.25, 0.3) is 0 Å². The first-order valence-electron chi connectivity index (χ1n) is 6.88. The number of carbonyl (C=O) groups excluding carboxylic acids is 1. The van der Waals surface area contributed by atoms with Crippen LogP contribution in [0.4, 0.5) is 5.82 Å². The van der Waals surface area contributed by atoms with E-state index < -0.39 is 10.0 Å². The number of hydrogen-bond acceptors (Lipinski definition) is 5. The van der Waals surface area contributed by atoms with Crippen molar-refractivity contribution in [1.29, 1.82) is 0 Å². The van der Waals surface area contributed by atoms with E-state index in [2.05, 4.69) is 15.1 Å². The lowest BCUT2D eigenvalue weighted by molar-refractivity contribution is -0.121. The van der Waals surface area contributed by atoms with Crippen LogP contribution in [0.5, 0.6) is 0 Å². The molecule has 4 N–H and O–H groups in total. The van der Waals surface area contributed by atoms with Gasteiger partial charge in [0.05, 0.1) is 0 Å². The summed E-state index contributed by atoms with van der Waals surface area (Å²) in [7, 11) is -3.75. The molecule has 21 heavy (non-hydrogen) atoms. The molecule has 1 amide bonds. The van der Waals surface area contributed by atoms with Gasteiger partial charge in [-0.15, -0.1) is 0 Å². The molecule has 0 aliphatic carbocycles. The Balaban J connectivity index is 2.63. The zero-order valence-electron chi connectivity index (χ0n) is 12.6. The second-order valence-electron chi connectivity index (χ2n) is 5.01. The lowest BCUT2D eigenvalue weighted by atomic mass is 10.3. The number of nitrogens with two attached hydrogens (primary N) is 1. The Labute approximate surface area is 125 Å². The van der Waals surface area contributed by atoms with Gasteiger partial charge in [-0.25, -0.2) is 13.1 Å². The standard InChI is InChI=1S/C12H23N5O3S/c1-4-7-17-8-10(12(13)16-17)21(19,20)14-6-5-11(18)15-9(2)3/h8-9,14H,4-7H2,1-3H3,(H2,13,16)(H,15,18). The van der Waals surface area contributed by atoms with Crippen LogP contribution in [0, 0.1) is 0 Å². The van der Waals surface area contributed by atoms with Gasteiger partial charge in [0.1, 0.15) is 4.90 Å². The van der Waals surface area contributed by atoms with Crippen molar-refractivity contribution in [2.24, 2.45) is 0 Å². The average molecular weight is 317 g/mol. The predicted octanol–water partition coefficient (Wildman–Crippen LogP) is 0.0683. The van der Waals surface area contributed by atoms with Crippen LogP contribution < -0.4 is 15.8 Å². The molecule has 0 bridgehead atoms. The van der Waals surface area contributed by atoms with Crippen molar-refractivity contribution in [2.75, 3.05) is 12.3 Å². The van der Waals surface area contributed by atoms with Gasteiger partial charge in [-0.3, -0.25) is 9.48 Å². The minimum Gasteiger partial charge on any atom is -0.381 e.